The average molecular weight is 443 g/mol. The van der Waals surface area contributed by atoms with Crippen LogP contribution in [0.2, 0.25) is 0 Å². The van der Waals surface area contributed by atoms with Crippen molar-refractivity contribution in [1.82, 2.24) is 20.0 Å². The predicted octanol–water partition coefficient (Wildman–Crippen LogP) is 2.45. The molecule has 8 heteroatoms. The van der Waals surface area contributed by atoms with Crippen molar-refractivity contribution in [3.63, 3.8) is 0 Å². The SMILES string of the molecule is CCOC(=O)C1=C(CN2CCN(C(=O)CC)[C@@H](C)C2)N(C)C(=O)N[C@H]1c1ccccc1C. The lowest BCUT2D eigenvalue weighted by Crippen LogP contribution is -2.56. The molecule has 0 aliphatic carbocycles. The van der Waals surface area contributed by atoms with Gasteiger partial charge >= 0.3 is 12.0 Å². The zero-order valence-corrected chi connectivity index (χ0v) is 19.7. The Morgan fingerprint density at radius 1 is 1.19 bits per heavy atom. The van der Waals surface area contributed by atoms with Gasteiger partial charge in [-0.3, -0.25) is 14.6 Å². The normalized spacial score (nSPS) is 22.1. The van der Waals surface area contributed by atoms with Crippen molar-refractivity contribution in [1.29, 1.82) is 0 Å². The Morgan fingerprint density at radius 3 is 2.53 bits per heavy atom. The van der Waals surface area contributed by atoms with Crippen molar-refractivity contribution in [2.75, 3.05) is 39.8 Å². The summed E-state index contributed by atoms with van der Waals surface area (Å²) in [7, 11) is 1.68. The molecule has 8 nitrogen and oxygen atoms in total. The summed E-state index contributed by atoms with van der Waals surface area (Å²) in [6.45, 7) is 10.3. The minimum Gasteiger partial charge on any atom is -0.463 e. The highest BCUT2D eigenvalue weighted by atomic mass is 16.5. The Hall–Kier alpha value is -2.87. The fourth-order valence-electron chi connectivity index (χ4n) is 4.50. The van der Waals surface area contributed by atoms with Crippen LogP contribution in [0.1, 0.15) is 44.4 Å². The van der Waals surface area contributed by atoms with E-state index in [0.717, 1.165) is 11.1 Å². The Labute approximate surface area is 190 Å². The fraction of sp³-hybridized carbons (Fsp3) is 0.542. The molecule has 174 valence electrons. The molecule has 2 atom stereocenters. The third-order valence-electron chi connectivity index (χ3n) is 6.28. The molecule has 0 spiro atoms. The van der Waals surface area contributed by atoms with E-state index in [0.29, 0.717) is 43.9 Å². The van der Waals surface area contributed by atoms with Crippen LogP contribution in [0, 0.1) is 6.92 Å². The van der Waals surface area contributed by atoms with Crippen LogP contribution >= 0.6 is 0 Å². The number of esters is 1. The molecule has 2 aliphatic rings. The van der Waals surface area contributed by atoms with Crippen LogP contribution in [0.15, 0.2) is 35.5 Å². The Morgan fingerprint density at radius 2 is 1.91 bits per heavy atom. The number of ether oxygens (including phenoxy) is 1. The lowest BCUT2D eigenvalue weighted by molar-refractivity contribution is -0.139. The van der Waals surface area contributed by atoms with Crippen LogP contribution in [0.5, 0.6) is 0 Å². The molecule has 0 aromatic heterocycles. The lowest BCUT2D eigenvalue weighted by atomic mass is 9.91. The predicted molar refractivity (Wildman–Crippen MR) is 122 cm³/mol. The lowest BCUT2D eigenvalue weighted by Gasteiger charge is -2.42. The number of carbonyl (C=O) groups is 3. The molecule has 2 aliphatic heterocycles. The molecule has 1 aromatic rings. The van der Waals surface area contributed by atoms with E-state index in [1.54, 1.807) is 14.0 Å². The summed E-state index contributed by atoms with van der Waals surface area (Å²) in [6.07, 6.45) is 0.490. The van der Waals surface area contributed by atoms with E-state index in [-0.39, 0.29) is 24.6 Å². The number of amides is 3. The number of carbonyl (C=O) groups excluding carboxylic acids is 3. The van der Waals surface area contributed by atoms with Gasteiger partial charge in [0.2, 0.25) is 5.91 Å². The number of hydrogen-bond donors (Lipinski definition) is 1. The van der Waals surface area contributed by atoms with E-state index in [9.17, 15) is 14.4 Å². The quantitative estimate of drug-likeness (QED) is 0.685. The van der Waals surface area contributed by atoms with Crippen LogP contribution in [0.25, 0.3) is 0 Å². The van der Waals surface area contributed by atoms with Crippen LogP contribution in [-0.4, -0.2) is 78.5 Å². The smallest absolute Gasteiger partial charge is 0.338 e. The minimum atomic E-state index is -0.575. The zero-order valence-electron chi connectivity index (χ0n) is 19.7. The molecule has 0 radical (unpaired) electrons. The standard InChI is InChI=1S/C24H34N4O4/c1-6-20(29)28-13-12-27(14-17(28)4)15-19-21(23(30)32-7-2)22(25-24(31)26(19)5)18-11-9-8-10-16(18)3/h8-11,17,22H,6-7,12-15H2,1-5H3,(H,25,31)/t17-,22-/m0/s1. The first kappa shape index (κ1) is 23.8. The van der Waals surface area contributed by atoms with Gasteiger partial charge in [0.05, 0.1) is 18.2 Å². The number of benzene rings is 1. The van der Waals surface area contributed by atoms with Gasteiger partial charge in [0, 0.05) is 51.4 Å². The highest BCUT2D eigenvalue weighted by Crippen LogP contribution is 2.33. The number of piperazine rings is 1. The van der Waals surface area contributed by atoms with Crippen molar-refractivity contribution in [2.24, 2.45) is 0 Å². The van der Waals surface area contributed by atoms with Gasteiger partial charge in [-0.2, -0.15) is 0 Å². The number of nitrogens with zero attached hydrogens (tertiary/aromatic N) is 3. The van der Waals surface area contributed by atoms with E-state index in [1.165, 1.54) is 4.90 Å². The number of likely N-dealkylation sites (N-methyl/N-ethyl adjacent to an activating group) is 1. The molecule has 0 unspecified atom stereocenters. The van der Waals surface area contributed by atoms with Crippen LogP contribution in [0.4, 0.5) is 4.79 Å². The van der Waals surface area contributed by atoms with E-state index >= 15 is 0 Å². The maximum absolute atomic E-state index is 13.1. The third kappa shape index (κ3) is 4.80. The van der Waals surface area contributed by atoms with Crippen molar-refractivity contribution >= 4 is 17.9 Å². The fourth-order valence-corrected chi connectivity index (χ4v) is 4.50. The number of aryl methyl sites for hydroxylation is 1. The van der Waals surface area contributed by atoms with Gasteiger partial charge in [0.1, 0.15) is 0 Å². The van der Waals surface area contributed by atoms with Gasteiger partial charge in [0.25, 0.3) is 0 Å². The first-order chi connectivity index (χ1) is 15.3. The molecule has 1 saturated heterocycles. The third-order valence-corrected chi connectivity index (χ3v) is 6.28. The molecule has 0 saturated carbocycles. The number of urea groups is 1. The van der Waals surface area contributed by atoms with Crippen molar-refractivity contribution in [2.45, 2.75) is 46.2 Å². The van der Waals surface area contributed by atoms with E-state index in [4.69, 9.17) is 4.74 Å². The second-order valence-electron chi connectivity index (χ2n) is 8.40. The molecule has 32 heavy (non-hydrogen) atoms. The van der Waals surface area contributed by atoms with Gasteiger partial charge in [-0.05, 0) is 31.9 Å². The number of nitrogens with one attached hydrogen (secondary N) is 1. The van der Waals surface area contributed by atoms with Crippen LogP contribution < -0.4 is 5.32 Å². The second kappa shape index (κ2) is 10.2. The van der Waals surface area contributed by atoms with Crippen molar-refractivity contribution in [3.05, 3.63) is 46.7 Å². The van der Waals surface area contributed by atoms with Gasteiger partial charge in [-0.25, -0.2) is 9.59 Å². The average Bonchev–Trinajstić information content (AvgIpc) is 2.77. The maximum Gasteiger partial charge on any atom is 0.338 e. The molecule has 3 rings (SSSR count). The summed E-state index contributed by atoms with van der Waals surface area (Å²) in [5, 5.41) is 2.98. The summed E-state index contributed by atoms with van der Waals surface area (Å²) in [5.74, 6) is -0.271. The highest BCUT2D eigenvalue weighted by Gasteiger charge is 2.38. The maximum atomic E-state index is 13.1. The Balaban J connectivity index is 1.97. The monoisotopic (exact) mass is 442 g/mol. The minimum absolute atomic E-state index is 0.0673. The summed E-state index contributed by atoms with van der Waals surface area (Å²) in [6, 6.07) is 6.97. The summed E-state index contributed by atoms with van der Waals surface area (Å²) in [4.78, 5) is 43.8. The Kier molecular flexibility index (Phi) is 7.56. The van der Waals surface area contributed by atoms with Crippen LogP contribution in [0.3, 0.4) is 0 Å². The van der Waals surface area contributed by atoms with Crippen molar-refractivity contribution in [3.8, 4) is 0 Å². The summed E-state index contributed by atoms with van der Waals surface area (Å²) < 4.78 is 5.41. The molecule has 2 heterocycles. The molecule has 1 aromatic carbocycles. The van der Waals surface area contributed by atoms with Gasteiger partial charge in [-0.1, -0.05) is 31.2 Å². The van der Waals surface area contributed by atoms with E-state index in [2.05, 4.69) is 10.2 Å². The molecule has 3 amide bonds. The van der Waals surface area contributed by atoms with Crippen molar-refractivity contribution < 1.29 is 19.1 Å². The molecular weight excluding hydrogens is 408 g/mol. The largest absolute Gasteiger partial charge is 0.463 e. The van der Waals surface area contributed by atoms with Gasteiger partial charge < -0.3 is 15.0 Å². The first-order valence-electron chi connectivity index (χ1n) is 11.3. The molecule has 1 N–H and O–H groups in total. The van der Waals surface area contributed by atoms with E-state index < -0.39 is 12.0 Å². The van der Waals surface area contributed by atoms with Gasteiger partial charge in [0.15, 0.2) is 0 Å². The number of hydrogen-bond acceptors (Lipinski definition) is 5. The molecular formula is C24H34N4O4. The van der Waals surface area contributed by atoms with E-state index in [1.807, 2.05) is 49.9 Å². The first-order valence-corrected chi connectivity index (χ1v) is 11.3. The topological polar surface area (TPSA) is 82.2 Å². The summed E-state index contributed by atoms with van der Waals surface area (Å²) >= 11 is 0. The molecule has 0 bridgehead atoms. The highest BCUT2D eigenvalue weighted by molar-refractivity contribution is 5.95. The molecule has 1 fully saturated rings. The summed E-state index contributed by atoms with van der Waals surface area (Å²) in [5.41, 5.74) is 2.97. The number of rotatable bonds is 6. The zero-order chi connectivity index (χ0) is 23.4. The second-order valence-corrected chi connectivity index (χ2v) is 8.40. The Bertz CT molecular complexity index is 913. The van der Waals surface area contributed by atoms with Gasteiger partial charge in [-0.15, -0.1) is 0 Å². The van der Waals surface area contributed by atoms with Crippen LogP contribution in [-0.2, 0) is 14.3 Å².